The SMILES string of the molecule is CCn1cnc2c(Nc3ccc(NS(=O)(=O)CCC(C)C)cc3)nc(NC3CCC(O)CC3)nc21. The number of aromatic nitrogens is 4. The Hall–Kier alpha value is -2.92. The van der Waals surface area contributed by atoms with Crippen molar-refractivity contribution in [2.75, 3.05) is 21.1 Å². The Morgan fingerprint density at radius 1 is 1.09 bits per heavy atom. The van der Waals surface area contributed by atoms with Gasteiger partial charge in [0.15, 0.2) is 17.0 Å². The number of nitrogens with zero attached hydrogens (tertiary/aromatic N) is 4. The van der Waals surface area contributed by atoms with E-state index in [4.69, 9.17) is 9.97 Å². The monoisotopic (exact) mass is 501 g/mol. The van der Waals surface area contributed by atoms with Gasteiger partial charge in [0.2, 0.25) is 16.0 Å². The van der Waals surface area contributed by atoms with Crippen LogP contribution in [0.2, 0.25) is 0 Å². The molecule has 1 aromatic carbocycles. The fourth-order valence-electron chi connectivity index (χ4n) is 4.11. The highest BCUT2D eigenvalue weighted by molar-refractivity contribution is 7.92. The molecule has 0 aliphatic heterocycles. The molecular weight excluding hydrogens is 466 g/mol. The van der Waals surface area contributed by atoms with E-state index >= 15 is 0 Å². The van der Waals surface area contributed by atoms with Crippen LogP contribution in [0.15, 0.2) is 30.6 Å². The van der Waals surface area contributed by atoms with Crippen molar-refractivity contribution in [2.45, 2.75) is 71.6 Å². The van der Waals surface area contributed by atoms with Gasteiger partial charge >= 0.3 is 0 Å². The Morgan fingerprint density at radius 3 is 2.43 bits per heavy atom. The van der Waals surface area contributed by atoms with Gasteiger partial charge < -0.3 is 20.3 Å². The predicted octanol–water partition coefficient (Wildman–Crippen LogP) is 4.09. The third-order valence-corrected chi connectivity index (χ3v) is 7.54. The molecule has 190 valence electrons. The van der Waals surface area contributed by atoms with Crippen LogP contribution in [0.1, 0.15) is 52.9 Å². The van der Waals surface area contributed by atoms with Crippen LogP contribution < -0.4 is 15.4 Å². The zero-order valence-corrected chi connectivity index (χ0v) is 21.3. The lowest BCUT2D eigenvalue weighted by Crippen LogP contribution is -2.29. The molecule has 10 nitrogen and oxygen atoms in total. The first kappa shape index (κ1) is 25.2. The highest BCUT2D eigenvalue weighted by Gasteiger charge is 2.21. The van der Waals surface area contributed by atoms with E-state index in [0.29, 0.717) is 35.3 Å². The molecule has 2 heterocycles. The molecule has 0 amide bonds. The van der Waals surface area contributed by atoms with Crippen molar-refractivity contribution in [3.63, 3.8) is 0 Å². The van der Waals surface area contributed by atoms with Gasteiger partial charge in [-0.2, -0.15) is 9.97 Å². The van der Waals surface area contributed by atoms with Gasteiger partial charge in [-0.15, -0.1) is 0 Å². The zero-order valence-electron chi connectivity index (χ0n) is 20.5. The Morgan fingerprint density at radius 2 is 1.77 bits per heavy atom. The molecule has 4 rings (SSSR count). The van der Waals surface area contributed by atoms with Crippen LogP contribution in [0, 0.1) is 5.92 Å². The third-order valence-electron chi connectivity index (χ3n) is 6.22. The lowest BCUT2D eigenvalue weighted by Gasteiger charge is -2.26. The van der Waals surface area contributed by atoms with Gasteiger partial charge in [-0.3, -0.25) is 4.72 Å². The van der Waals surface area contributed by atoms with Gasteiger partial charge in [-0.1, -0.05) is 13.8 Å². The number of sulfonamides is 1. The first-order valence-corrected chi connectivity index (χ1v) is 13.9. The highest BCUT2D eigenvalue weighted by atomic mass is 32.2. The van der Waals surface area contributed by atoms with Crippen molar-refractivity contribution < 1.29 is 13.5 Å². The average molecular weight is 502 g/mol. The van der Waals surface area contributed by atoms with Gasteiger partial charge in [0.25, 0.3) is 0 Å². The number of hydrogen-bond acceptors (Lipinski definition) is 8. The van der Waals surface area contributed by atoms with E-state index in [-0.39, 0.29) is 17.9 Å². The molecule has 11 heteroatoms. The van der Waals surface area contributed by atoms with Crippen molar-refractivity contribution in [1.82, 2.24) is 19.5 Å². The standard InChI is InChI=1S/C24H35N7O3S/c1-4-31-15-25-21-22(28-24(29-23(21)31)27-18-9-11-20(32)12-10-18)26-17-5-7-19(8-6-17)30-35(33,34)14-13-16(2)3/h5-8,15-16,18,20,30,32H,4,9-14H2,1-3H3,(H2,26,27,28,29). The van der Waals surface area contributed by atoms with Crippen LogP contribution in [0.5, 0.6) is 0 Å². The van der Waals surface area contributed by atoms with Gasteiger partial charge in [0.1, 0.15) is 0 Å². The summed E-state index contributed by atoms with van der Waals surface area (Å²) < 4.78 is 29.2. The molecule has 1 fully saturated rings. The minimum atomic E-state index is -3.38. The number of hydrogen-bond donors (Lipinski definition) is 4. The Kier molecular flexibility index (Phi) is 7.75. The van der Waals surface area contributed by atoms with E-state index in [1.807, 2.05) is 25.3 Å². The Bertz CT molecular complexity index is 1230. The van der Waals surface area contributed by atoms with E-state index in [9.17, 15) is 13.5 Å². The van der Waals surface area contributed by atoms with Crippen LogP contribution in [0.25, 0.3) is 11.2 Å². The fraction of sp³-hybridized carbons (Fsp3) is 0.542. The Balaban J connectivity index is 1.52. The number of benzene rings is 1. The van der Waals surface area contributed by atoms with Crippen molar-refractivity contribution in [3.05, 3.63) is 30.6 Å². The van der Waals surface area contributed by atoms with E-state index in [1.165, 1.54) is 0 Å². The Labute approximate surface area is 206 Å². The number of rotatable bonds is 10. The maximum absolute atomic E-state index is 12.3. The molecule has 0 spiro atoms. The van der Waals surface area contributed by atoms with Gasteiger partial charge in [0.05, 0.1) is 18.2 Å². The summed E-state index contributed by atoms with van der Waals surface area (Å²) in [6.45, 7) is 6.77. The quantitative estimate of drug-likeness (QED) is 0.326. The van der Waals surface area contributed by atoms with E-state index < -0.39 is 10.0 Å². The molecule has 1 aliphatic rings. The van der Waals surface area contributed by atoms with Gasteiger partial charge in [-0.25, -0.2) is 13.4 Å². The van der Waals surface area contributed by atoms with E-state index in [1.54, 1.807) is 30.6 Å². The molecular formula is C24H35N7O3S. The normalized spacial score (nSPS) is 18.7. The molecule has 4 N–H and O–H groups in total. The van der Waals surface area contributed by atoms with Crippen molar-refractivity contribution in [1.29, 1.82) is 0 Å². The van der Waals surface area contributed by atoms with Crippen molar-refractivity contribution >= 4 is 44.3 Å². The summed E-state index contributed by atoms with van der Waals surface area (Å²) in [5.74, 6) is 1.51. The zero-order chi connectivity index (χ0) is 25.0. The molecule has 1 saturated carbocycles. The lowest BCUT2D eigenvalue weighted by molar-refractivity contribution is 0.126. The highest BCUT2D eigenvalue weighted by Crippen LogP contribution is 2.27. The first-order valence-electron chi connectivity index (χ1n) is 12.3. The second kappa shape index (κ2) is 10.8. The van der Waals surface area contributed by atoms with Crippen LogP contribution >= 0.6 is 0 Å². The second-order valence-corrected chi connectivity index (χ2v) is 11.4. The van der Waals surface area contributed by atoms with Gasteiger partial charge in [-0.05, 0) is 69.2 Å². The van der Waals surface area contributed by atoms with Gasteiger partial charge in [0, 0.05) is 24.0 Å². The van der Waals surface area contributed by atoms with Crippen molar-refractivity contribution in [3.8, 4) is 0 Å². The molecule has 0 bridgehead atoms. The number of anilines is 4. The summed E-state index contributed by atoms with van der Waals surface area (Å²) >= 11 is 0. The first-order chi connectivity index (χ1) is 16.7. The summed E-state index contributed by atoms with van der Waals surface area (Å²) in [6.07, 6.45) is 5.41. The molecule has 0 unspecified atom stereocenters. The van der Waals surface area contributed by atoms with Crippen molar-refractivity contribution in [2.24, 2.45) is 5.92 Å². The number of aliphatic hydroxyl groups is 1. The van der Waals surface area contributed by atoms with Crippen LogP contribution in [-0.4, -0.2) is 50.9 Å². The molecule has 2 aromatic heterocycles. The number of aryl methyl sites for hydroxylation is 1. The van der Waals surface area contributed by atoms with Crippen LogP contribution in [0.4, 0.5) is 23.1 Å². The predicted molar refractivity (Wildman–Crippen MR) is 139 cm³/mol. The second-order valence-electron chi connectivity index (χ2n) is 9.55. The molecule has 0 saturated heterocycles. The molecule has 3 aromatic rings. The molecule has 35 heavy (non-hydrogen) atoms. The van der Waals surface area contributed by atoms with E-state index in [0.717, 1.165) is 43.6 Å². The maximum atomic E-state index is 12.3. The van der Waals surface area contributed by atoms with Crippen LogP contribution in [-0.2, 0) is 16.6 Å². The fourth-order valence-corrected chi connectivity index (χ4v) is 5.49. The third kappa shape index (κ3) is 6.61. The molecule has 0 radical (unpaired) electrons. The largest absolute Gasteiger partial charge is 0.393 e. The van der Waals surface area contributed by atoms with E-state index in [2.05, 4.69) is 20.3 Å². The molecule has 0 atom stereocenters. The van der Waals surface area contributed by atoms with Crippen LogP contribution in [0.3, 0.4) is 0 Å². The number of imidazole rings is 1. The lowest BCUT2D eigenvalue weighted by atomic mass is 9.93. The number of nitrogens with one attached hydrogen (secondary N) is 3. The minimum absolute atomic E-state index is 0.0966. The minimum Gasteiger partial charge on any atom is -0.393 e. The maximum Gasteiger partial charge on any atom is 0.232 e. The smallest absolute Gasteiger partial charge is 0.232 e. The topological polar surface area (TPSA) is 134 Å². The molecule has 1 aliphatic carbocycles. The summed E-state index contributed by atoms with van der Waals surface area (Å²) in [5.41, 5.74) is 2.67. The average Bonchev–Trinajstić information content (AvgIpc) is 3.24. The summed E-state index contributed by atoms with van der Waals surface area (Å²) in [5, 5.41) is 16.5. The summed E-state index contributed by atoms with van der Waals surface area (Å²) in [4.78, 5) is 13.9. The number of aliphatic hydroxyl groups excluding tert-OH is 1. The number of fused-ring (bicyclic) bond motifs is 1. The summed E-state index contributed by atoms with van der Waals surface area (Å²) in [7, 11) is -3.38. The summed E-state index contributed by atoms with van der Waals surface area (Å²) in [6, 6.07) is 7.28.